The van der Waals surface area contributed by atoms with E-state index in [4.69, 9.17) is 28.6 Å². The van der Waals surface area contributed by atoms with Crippen LogP contribution in [-0.4, -0.2) is 39.9 Å². The van der Waals surface area contributed by atoms with Gasteiger partial charge >= 0.3 is 0 Å². The molecule has 1 amide bonds. The lowest BCUT2D eigenvalue weighted by molar-refractivity contribution is -0.305. The molecule has 22 heavy (non-hydrogen) atoms. The molecule has 0 saturated carbocycles. The number of hydrogen-bond acceptors (Lipinski definition) is 7. The van der Waals surface area contributed by atoms with Crippen LogP contribution in [0.5, 0.6) is 11.5 Å². The number of carboxylic acid groups (broad SMARTS) is 1. The monoisotopic (exact) mass is 358 g/mol. The third-order valence-corrected chi connectivity index (χ3v) is 4.40. The van der Waals surface area contributed by atoms with Crippen molar-refractivity contribution in [3.63, 3.8) is 0 Å². The highest BCUT2D eigenvalue weighted by Crippen LogP contribution is 2.37. The first-order valence-electron chi connectivity index (χ1n) is 5.85. The second kappa shape index (κ2) is 6.55. The van der Waals surface area contributed by atoms with Crippen LogP contribution in [0.3, 0.4) is 0 Å². The Morgan fingerprint density at radius 2 is 2.27 bits per heavy atom. The zero-order valence-electron chi connectivity index (χ0n) is 11.2. The first-order chi connectivity index (χ1) is 10.3. The normalized spacial score (nSPS) is 16.5. The number of nitrogens with zero attached hydrogens (tertiary/aromatic N) is 1. The highest BCUT2D eigenvalue weighted by Gasteiger charge is 2.31. The summed E-state index contributed by atoms with van der Waals surface area (Å²) in [5, 5.41) is 20.4. The highest BCUT2D eigenvalue weighted by atomic mass is 35.5. The maximum absolute atomic E-state index is 12.1. The SMILES string of the molecule is COc1cc(/C=C2/SC(=S)N(CC(=O)[O-])C2=O)cc(Cl)c1O. The summed E-state index contributed by atoms with van der Waals surface area (Å²) in [6.07, 6.45) is 1.49. The molecule has 0 unspecified atom stereocenters. The van der Waals surface area contributed by atoms with Gasteiger partial charge in [0.2, 0.25) is 0 Å². The Morgan fingerprint density at radius 3 is 2.86 bits per heavy atom. The summed E-state index contributed by atoms with van der Waals surface area (Å²) in [5.41, 5.74) is 0.508. The number of carbonyl (C=O) groups is 2. The Balaban J connectivity index is 2.34. The standard InChI is InChI=1S/C13H10ClNO5S2/c1-20-8-3-6(2-7(14)11(8)18)4-9-12(19)15(5-10(16)17)13(21)22-9/h2-4,18H,5H2,1H3,(H,16,17)/p-1/b9-4+. The van der Waals surface area contributed by atoms with Crippen LogP contribution in [-0.2, 0) is 9.59 Å². The zero-order chi connectivity index (χ0) is 16.4. The van der Waals surface area contributed by atoms with Gasteiger partial charge in [-0.25, -0.2) is 0 Å². The lowest BCUT2D eigenvalue weighted by Crippen LogP contribution is -2.40. The minimum absolute atomic E-state index is 0.0656. The van der Waals surface area contributed by atoms with Crippen LogP contribution >= 0.6 is 35.6 Å². The van der Waals surface area contributed by atoms with Gasteiger partial charge < -0.3 is 19.7 Å². The van der Waals surface area contributed by atoms with Gasteiger partial charge in [0, 0.05) is 0 Å². The first kappa shape index (κ1) is 16.6. The van der Waals surface area contributed by atoms with Gasteiger partial charge in [-0.2, -0.15) is 0 Å². The van der Waals surface area contributed by atoms with Crippen molar-refractivity contribution in [2.45, 2.75) is 0 Å². The van der Waals surface area contributed by atoms with Crippen LogP contribution in [0.2, 0.25) is 5.02 Å². The molecule has 0 spiro atoms. The van der Waals surface area contributed by atoms with Crippen molar-refractivity contribution in [3.05, 3.63) is 27.6 Å². The number of phenolic OH excluding ortho intramolecular Hbond substituents is 1. The van der Waals surface area contributed by atoms with E-state index in [9.17, 15) is 19.8 Å². The predicted molar refractivity (Wildman–Crippen MR) is 84.6 cm³/mol. The molecule has 6 nitrogen and oxygen atoms in total. The van der Waals surface area contributed by atoms with Gasteiger partial charge in [-0.1, -0.05) is 35.6 Å². The van der Waals surface area contributed by atoms with E-state index in [0.29, 0.717) is 5.56 Å². The second-order valence-electron chi connectivity index (χ2n) is 4.19. The maximum atomic E-state index is 12.1. The number of halogens is 1. The summed E-state index contributed by atoms with van der Waals surface area (Å²) in [4.78, 5) is 23.9. The Bertz CT molecular complexity index is 704. The first-order valence-corrected chi connectivity index (χ1v) is 7.45. The van der Waals surface area contributed by atoms with Crippen LogP contribution in [0.25, 0.3) is 6.08 Å². The Morgan fingerprint density at radius 1 is 1.59 bits per heavy atom. The molecule has 116 valence electrons. The summed E-state index contributed by atoms with van der Waals surface area (Å²) < 4.78 is 5.11. The van der Waals surface area contributed by atoms with Crippen molar-refractivity contribution >= 4 is 57.9 Å². The summed E-state index contributed by atoms with van der Waals surface area (Å²) in [6, 6.07) is 2.94. The number of carboxylic acids is 1. The van der Waals surface area contributed by atoms with Gasteiger partial charge in [-0.3, -0.25) is 9.69 Å². The summed E-state index contributed by atoms with van der Waals surface area (Å²) in [5.74, 6) is -1.97. The Hall–Kier alpha value is -1.77. The van der Waals surface area contributed by atoms with E-state index in [2.05, 4.69) is 0 Å². The number of amides is 1. The fourth-order valence-electron chi connectivity index (χ4n) is 1.75. The minimum atomic E-state index is -1.40. The van der Waals surface area contributed by atoms with Gasteiger partial charge in [0.25, 0.3) is 5.91 Å². The molecule has 0 aliphatic carbocycles. The number of aliphatic carboxylic acids is 1. The molecule has 1 aromatic carbocycles. The van der Waals surface area contributed by atoms with Crippen molar-refractivity contribution in [2.24, 2.45) is 0 Å². The summed E-state index contributed by atoms with van der Waals surface area (Å²) in [6.45, 7) is -0.596. The molecular formula is C13H9ClNO5S2-. The zero-order valence-corrected chi connectivity index (χ0v) is 13.5. The van der Waals surface area contributed by atoms with Crippen LogP contribution in [0, 0.1) is 0 Å². The fourth-order valence-corrected chi connectivity index (χ4v) is 3.22. The smallest absolute Gasteiger partial charge is 0.266 e. The fraction of sp³-hybridized carbons (Fsp3) is 0.154. The molecule has 0 radical (unpaired) electrons. The number of thioether (sulfide) groups is 1. The summed E-state index contributed by atoms with van der Waals surface area (Å²) in [7, 11) is 1.37. The molecule has 1 fully saturated rings. The topological polar surface area (TPSA) is 89.9 Å². The van der Waals surface area contributed by atoms with Gasteiger partial charge in [0.15, 0.2) is 11.5 Å². The molecule has 1 aromatic rings. The van der Waals surface area contributed by atoms with Crippen LogP contribution in [0.4, 0.5) is 0 Å². The van der Waals surface area contributed by atoms with Crippen molar-refractivity contribution in [1.82, 2.24) is 4.90 Å². The maximum Gasteiger partial charge on any atom is 0.266 e. The molecule has 2 rings (SSSR count). The van der Waals surface area contributed by atoms with Crippen LogP contribution in [0.1, 0.15) is 5.56 Å². The molecule has 9 heteroatoms. The molecule has 1 aliphatic rings. The van der Waals surface area contributed by atoms with Crippen molar-refractivity contribution in [2.75, 3.05) is 13.7 Å². The largest absolute Gasteiger partial charge is 0.548 e. The molecule has 0 atom stereocenters. The summed E-state index contributed by atoms with van der Waals surface area (Å²) >= 11 is 11.8. The van der Waals surface area contributed by atoms with E-state index < -0.39 is 18.4 Å². The number of rotatable bonds is 4. The van der Waals surface area contributed by atoms with Crippen LogP contribution < -0.4 is 9.84 Å². The van der Waals surface area contributed by atoms with E-state index in [1.165, 1.54) is 25.3 Å². The van der Waals surface area contributed by atoms with Gasteiger partial charge in [0.1, 0.15) is 4.32 Å². The molecule has 0 bridgehead atoms. The van der Waals surface area contributed by atoms with E-state index in [1.54, 1.807) is 0 Å². The quantitative estimate of drug-likeness (QED) is 0.634. The third-order valence-electron chi connectivity index (χ3n) is 2.73. The number of phenols is 1. The van der Waals surface area contributed by atoms with Gasteiger partial charge in [0.05, 0.1) is 29.6 Å². The Kier molecular flexibility index (Phi) is 4.94. The highest BCUT2D eigenvalue weighted by molar-refractivity contribution is 8.26. The van der Waals surface area contributed by atoms with E-state index in [-0.39, 0.29) is 25.7 Å². The number of thiocarbonyl (C=S) groups is 1. The second-order valence-corrected chi connectivity index (χ2v) is 6.28. The van der Waals surface area contributed by atoms with Gasteiger partial charge in [-0.15, -0.1) is 0 Å². The van der Waals surface area contributed by atoms with E-state index in [1.807, 2.05) is 0 Å². The number of hydrogen-bond donors (Lipinski definition) is 1. The molecular weight excluding hydrogens is 350 g/mol. The Labute approximate surface area is 140 Å². The third kappa shape index (κ3) is 3.34. The number of aromatic hydroxyl groups is 1. The average Bonchev–Trinajstić information content (AvgIpc) is 2.70. The number of methoxy groups -OCH3 is 1. The average molecular weight is 359 g/mol. The molecule has 1 aliphatic heterocycles. The minimum Gasteiger partial charge on any atom is -0.548 e. The van der Waals surface area contributed by atoms with E-state index in [0.717, 1.165) is 16.7 Å². The lowest BCUT2D eigenvalue weighted by Gasteiger charge is -2.14. The molecule has 0 aromatic heterocycles. The molecule has 1 N–H and O–H groups in total. The molecule has 1 saturated heterocycles. The number of benzene rings is 1. The lowest BCUT2D eigenvalue weighted by atomic mass is 10.2. The van der Waals surface area contributed by atoms with Crippen molar-refractivity contribution in [1.29, 1.82) is 0 Å². The van der Waals surface area contributed by atoms with E-state index >= 15 is 0 Å². The van der Waals surface area contributed by atoms with Crippen molar-refractivity contribution in [3.8, 4) is 11.5 Å². The molecule has 1 heterocycles. The van der Waals surface area contributed by atoms with Crippen LogP contribution in [0.15, 0.2) is 17.0 Å². The predicted octanol–water partition coefficient (Wildman–Crippen LogP) is 1.01. The van der Waals surface area contributed by atoms with Crippen molar-refractivity contribution < 1.29 is 24.5 Å². The van der Waals surface area contributed by atoms with Gasteiger partial charge in [-0.05, 0) is 23.8 Å². The number of ether oxygens (including phenoxy) is 1. The number of carbonyl (C=O) groups excluding carboxylic acids is 2.